The molecule has 0 fully saturated rings. The molecule has 0 radical (unpaired) electrons. The van der Waals surface area contributed by atoms with Crippen molar-refractivity contribution in [1.82, 2.24) is 19.5 Å². The van der Waals surface area contributed by atoms with E-state index in [1.807, 2.05) is 0 Å². The smallest absolute Gasteiger partial charge is 0.369 e. The van der Waals surface area contributed by atoms with Gasteiger partial charge >= 0.3 is 23.2 Å². The molecule has 2 aromatic rings. The number of rotatable bonds is 10. The highest BCUT2D eigenvalue weighted by Crippen LogP contribution is 2.65. The van der Waals surface area contributed by atoms with Gasteiger partial charge < -0.3 is 34.6 Å². The summed E-state index contributed by atoms with van der Waals surface area (Å²) in [6.45, 7) is 5.19. The second-order valence-corrected chi connectivity index (χ2v) is 10.6. The molecule has 2 aromatic heterocycles. The first-order valence-electron chi connectivity index (χ1n) is 7.71. The Bertz CT molecular complexity index is 1150. The molecule has 168 valence electrons. The zero-order chi connectivity index (χ0) is 22.9. The molecule has 0 saturated heterocycles. The molecule has 3 atom stereocenters. The van der Waals surface area contributed by atoms with Crippen LogP contribution in [0.15, 0.2) is 23.3 Å². The molecular formula is C11H18N5O11P3. The fourth-order valence-corrected chi connectivity index (χ4v) is 5.45. The number of nitrogen functional groups attached to an aromatic ring is 1. The molecule has 0 aliphatic carbocycles. The van der Waals surface area contributed by atoms with Gasteiger partial charge in [0.05, 0.1) is 12.4 Å². The average molecular weight is 489 g/mol. The summed E-state index contributed by atoms with van der Waals surface area (Å²) in [5.74, 6) is -0.131. The Morgan fingerprint density at radius 3 is 2.53 bits per heavy atom. The summed E-state index contributed by atoms with van der Waals surface area (Å²) in [4.78, 5) is 57.6. The second kappa shape index (κ2) is 8.81. The van der Waals surface area contributed by atoms with E-state index in [4.69, 9.17) is 25.2 Å². The molecule has 2 rings (SSSR count). The average Bonchev–Trinajstić information content (AvgIpc) is 2.92. The highest BCUT2D eigenvalue weighted by Gasteiger charge is 2.39. The number of hydrogen-bond acceptors (Lipinski definition) is 10. The van der Waals surface area contributed by atoms with E-state index in [0.717, 1.165) is 0 Å². The predicted octanol–water partition coefficient (Wildman–Crippen LogP) is 0.0323. The van der Waals surface area contributed by atoms with Crippen LogP contribution < -0.4 is 11.3 Å². The van der Waals surface area contributed by atoms with Gasteiger partial charge in [-0.1, -0.05) is 6.58 Å². The molecule has 16 nitrogen and oxygen atoms in total. The molecule has 0 amide bonds. The zero-order valence-corrected chi connectivity index (χ0v) is 17.9. The van der Waals surface area contributed by atoms with Gasteiger partial charge in [-0.15, -0.1) is 0 Å². The van der Waals surface area contributed by atoms with Gasteiger partial charge in [-0.25, -0.2) is 18.4 Å². The molecule has 3 unspecified atom stereocenters. The quantitative estimate of drug-likeness (QED) is 0.190. The van der Waals surface area contributed by atoms with Crippen molar-refractivity contribution < 1.29 is 46.6 Å². The lowest BCUT2D eigenvalue weighted by Crippen LogP contribution is -2.17. The van der Waals surface area contributed by atoms with Gasteiger partial charge in [0.15, 0.2) is 11.2 Å². The van der Waals surface area contributed by atoms with E-state index in [0.29, 0.717) is 5.57 Å². The largest absolute Gasteiger partial charge is 0.488 e. The molecule has 7 N–H and O–H groups in total. The summed E-state index contributed by atoms with van der Waals surface area (Å²) in [7, 11) is -16.0. The maximum atomic E-state index is 11.8. The van der Waals surface area contributed by atoms with Crippen molar-refractivity contribution in [1.29, 1.82) is 0 Å². The minimum absolute atomic E-state index is 0.0178. The summed E-state index contributed by atoms with van der Waals surface area (Å²) in [6.07, 6.45) is -0.740. The number of aromatic nitrogens is 4. The lowest BCUT2D eigenvalue weighted by atomic mass is 10.2. The topological polar surface area (TPSA) is 249 Å². The lowest BCUT2D eigenvalue weighted by Gasteiger charge is -2.20. The van der Waals surface area contributed by atoms with Crippen LogP contribution in [0.25, 0.3) is 11.2 Å². The monoisotopic (exact) mass is 489 g/mol. The van der Waals surface area contributed by atoms with Crippen LogP contribution in [0.2, 0.25) is 0 Å². The van der Waals surface area contributed by atoms with E-state index >= 15 is 0 Å². The Morgan fingerprint density at radius 1 is 1.30 bits per heavy atom. The van der Waals surface area contributed by atoms with Crippen LogP contribution in [0.3, 0.4) is 0 Å². The van der Waals surface area contributed by atoms with Crippen LogP contribution in [-0.4, -0.2) is 51.5 Å². The standard InChI is InChI=1S/C11H18N5O11P3/c1-6(3-16-4-13-8-9(16)14-11(12)15-10(8)17)7(2)25-5-28(18,19)26-30(23,24)27-29(20,21)22/h4,7H,1,3,5H2,2H3,(H,18,19)(H,23,24)(H2,20,21,22)(H3,12,14,15,17). The molecule has 30 heavy (non-hydrogen) atoms. The normalized spacial score (nSPS) is 17.4. The number of ether oxygens (including phenoxy) is 1. The van der Waals surface area contributed by atoms with Gasteiger partial charge in [0.1, 0.15) is 6.35 Å². The fourth-order valence-electron chi connectivity index (χ4n) is 2.09. The van der Waals surface area contributed by atoms with E-state index in [1.165, 1.54) is 17.8 Å². The first-order valence-corrected chi connectivity index (χ1v) is 12.5. The first kappa shape index (κ1) is 24.6. The molecule has 0 bridgehead atoms. The van der Waals surface area contributed by atoms with Crippen LogP contribution in [0.4, 0.5) is 5.95 Å². The number of imidazole rings is 1. The van der Waals surface area contributed by atoms with Crippen molar-refractivity contribution in [2.24, 2.45) is 0 Å². The van der Waals surface area contributed by atoms with Gasteiger partial charge in [0.2, 0.25) is 5.95 Å². The van der Waals surface area contributed by atoms with Gasteiger partial charge in [-0.05, 0) is 12.5 Å². The number of nitrogens with zero attached hydrogens (tertiary/aromatic N) is 3. The van der Waals surface area contributed by atoms with E-state index in [9.17, 15) is 23.4 Å². The second-order valence-electron chi connectivity index (χ2n) is 5.85. The molecule has 0 aliphatic heterocycles. The third kappa shape index (κ3) is 6.93. The third-order valence-electron chi connectivity index (χ3n) is 3.37. The van der Waals surface area contributed by atoms with Crippen LogP contribution in [0, 0.1) is 0 Å². The summed E-state index contributed by atoms with van der Waals surface area (Å²) in [5, 5.41) is 0. The van der Waals surface area contributed by atoms with Crippen LogP contribution in [0.1, 0.15) is 6.92 Å². The van der Waals surface area contributed by atoms with Gasteiger partial charge in [-0.3, -0.25) is 14.3 Å². The molecule has 0 aromatic carbocycles. The Labute approximate surface area is 167 Å². The van der Waals surface area contributed by atoms with Crippen molar-refractivity contribution in [3.8, 4) is 0 Å². The van der Waals surface area contributed by atoms with Crippen molar-refractivity contribution >= 4 is 40.4 Å². The summed E-state index contributed by atoms with van der Waals surface area (Å²) >= 11 is 0. The number of nitrogens with two attached hydrogens (primary N) is 1. The van der Waals surface area contributed by atoms with Crippen molar-refractivity contribution in [2.45, 2.75) is 19.6 Å². The Balaban J connectivity index is 2.01. The molecule has 0 spiro atoms. The molecule has 0 aliphatic rings. The molecule has 0 saturated carbocycles. The van der Waals surface area contributed by atoms with Gasteiger partial charge in [0, 0.05) is 6.54 Å². The lowest BCUT2D eigenvalue weighted by molar-refractivity contribution is 0.108. The first-order chi connectivity index (χ1) is 13.6. The van der Waals surface area contributed by atoms with E-state index in [-0.39, 0.29) is 23.7 Å². The maximum absolute atomic E-state index is 11.8. The SMILES string of the molecule is C=C(Cn1cnc2c(=O)[nH]c(N)nc21)C(C)OCP(=O)(O)OP(=O)(O)OP(=O)(O)O. The van der Waals surface area contributed by atoms with Gasteiger partial charge in [0.25, 0.3) is 5.56 Å². The van der Waals surface area contributed by atoms with Crippen molar-refractivity contribution in [3.05, 3.63) is 28.8 Å². The Hall–Kier alpha value is -1.70. The number of phosphoric acid groups is 2. The minimum Gasteiger partial charge on any atom is -0.369 e. The number of aromatic amines is 1. The van der Waals surface area contributed by atoms with E-state index in [1.54, 1.807) is 0 Å². The van der Waals surface area contributed by atoms with E-state index < -0.39 is 41.3 Å². The van der Waals surface area contributed by atoms with Crippen molar-refractivity contribution in [3.63, 3.8) is 0 Å². The number of hydrogen-bond donors (Lipinski definition) is 6. The number of nitrogens with one attached hydrogen (secondary N) is 1. The number of fused-ring (bicyclic) bond motifs is 1. The van der Waals surface area contributed by atoms with Crippen LogP contribution in [-0.2, 0) is 33.6 Å². The van der Waals surface area contributed by atoms with E-state index in [2.05, 4.69) is 30.2 Å². The molecule has 2 heterocycles. The number of anilines is 1. The van der Waals surface area contributed by atoms with Crippen LogP contribution in [0.5, 0.6) is 0 Å². The maximum Gasteiger partial charge on any atom is 0.488 e. The fraction of sp³-hybridized carbons (Fsp3) is 0.364. The van der Waals surface area contributed by atoms with Gasteiger partial charge in [-0.2, -0.15) is 9.29 Å². The predicted molar refractivity (Wildman–Crippen MR) is 101 cm³/mol. The highest BCUT2D eigenvalue weighted by atomic mass is 31.3. The number of H-pyrrole nitrogens is 1. The minimum atomic E-state index is -5.55. The summed E-state index contributed by atoms with van der Waals surface area (Å²) < 4.78 is 47.6. The highest BCUT2D eigenvalue weighted by molar-refractivity contribution is 7.68. The third-order valence-corrected chi connectivity index (χ3v) is 7.37. The van der Waals surface area contributed by atoms with Crippen molar-refractivity contribution in [2.75, 3.05) is 12.1 Å². The Morgan fingerprint density at radius 2 is 1.93 bits per heavy atom. The van der Waals surface area contributed by atoms with Crippen LogP contribution >= 0.6 is 23.2 Å². The summed E-state index contributed by atoms with van der Waals surface area (Å²) in [6, 6.07) is 0. The Kier molecular flexibility index (Phi) is 7.21. The molecule has 19 heteroatoms. The summed E-state index contributed by atoms with van der Waals surface area (Å²) in [5.41, 5.74) is 5.46. The molecular weight excluding hydrogens is 471 g/mol. The zero-order valence-electron chi connectivity index (χ0n) is 15.2.